The van der Waals surface area contributed by atoms with E-state index in [1.165, 1.54) is 0 Å². The molecule has 2 aromatic rings. The van der Waals surface area contributed by atoms with E-state index in [0.29, 0.717) is 18.5 Å². The number of thioether (sulfide) groups is 1. The Balaban J connectivity index is 1.69. The van der Waals surface area contributed by atoms with Gasteiger partial charge in [0.05, 0.1) is 5.56 Å². The molecule has 1 aromatic carbocycles. The zero-order valence-electron chi connectivity index (χ0n) is 12.3. The molecule has 1 aromatic heterocycles. The molecular formula is C15H18N4O2S. The first-order valence-corrected chi connectivity index (χ1v) is 8.49. The van der Waals surface area contributed by atoms with Crippen molar-refractivity contribution in [3.8, 4) is 0 Å². The van der Waals surface area contributed by atoms with Gasteiger partial charge in [-0.15, -0.1) is 11.8 Å². The summed E-state index contributed by atoms with van der Waals surface area (Å²) >= 11 is 1.56. The lowest BCUT2D eigenvalue weighted by Crippen LogP contribution is -2.35. The van der Waals surface area contributed by atoms with Gasteiger partial charge >= 0.3 is 5.69 Å². The molecule has 1 amide bonds. The minimum atomic E-state index is -0.172. The maximum Gasteiger partial charge on any atom is 0.343 e. The number of fused-ring (bicyclic) bond motifs is 1. The van der Waals surface area contributed by atoms with E-state index in [0.717, 1.165) is 23.6 Å². The molecule has 0 bridgehead atoms. The van der Waals surface area contributed by atoms with Crippen molar-refractivity contribution in [1.29, 1.82) is 0 Å². The fourth-order valence-corrected chi connectivity index (χ4v) is 3.34. The summed E-state index contributed by atoms with van der Waals surface area (Å²) in [5.41, 5.74) is 0.532. The average molecular weight is 318 g/mol. The number of nitrogens with one attached hydrogen (secondary N) is 2. The fraction of sp³-hybridized carbons (Fsp3) is 0.400. The van der Waals surface area contributed by atoms with Gasteiger partial charge in [-0.1, -0.05) is 12.1 Å². The van der Waals surface area contributed by atoms with Crippen molar-refractivity contribution in [3.63, 3.8) is 0 Å². The van der Waals surface area contributed by atoms with Crippen molar-refractivity contribution in [2.45, 2.75) is 36.7 Å². The molecule has 7 heteroatoms. The summed E-state index contributed by atoms with van der Waals surface area (Å²) in [6.45, 7) is 0.583. The van der Waals surface area contributed by atoms with Gasteiger partial charge in [-0.3, -0.25) is 9.36 Å². The number of aryl methyl sites for hydroxylation is 1. The van der Waals surface area contributed by atoms with Crippen LogP contribution in [-0.2, 0) is 13.0 Å². The second-order valence-corrected chi connectivity index (χ2v) is 6.14. The molecule has 1 aliphatic heterocycles. The largest absolute Gasteiger partial charge is 0.349 e. The predicted molar refractivity (Wildman–Crippen MR) is 85.3 cm³/mol. The van der Waals surface area contributed by atoms with E-state index >= 15 is 0 Å². The molecule has 1 aliphatic rings. The molecule has 1 atom stereocenters. The van der Waals surface area contributed by atoms with Gasteiger partial charge in [-0.05, 0) is 31.2 Å². The molecule has 0 spiro atoms. The molecule has 2 heterocycles. The minimum Gasteiger partial charge on any atom is -0.349 e. The van der Waals surface area contributed by atoms with Crippen LogP contribution in [0.25, 0.3) is 0 Å². The van der Waals surface area contributed by atoms with E-state index in [9.17, 15) is 9.59 Å². The Morgan fingerprint density at radius 1 is 1.41 bits per heavy atom. The van der Waals surface area contributed by atoms with Gasteiger partial charge in [0.1, 0.15) is 5.82 Å². The van der Waals surface area contributed by atoms with Crippen LogP contribution < -0.4 is 11.0 Å². The number of aromatic nitrogens is 3. The van der Waals surface area contributed by atoms with E-state index < -0.39 is 0 Å². The number of hydrogen-bond acceptors (Lipinski definition) is 4. The average Bonchev–Trinajstić information content (AvgIpc) is 2.77. The van der Waals surface area contributed by atoms with E-state index in [1.807, 2.05) is 30.5 Å². The smallest absolute Gasteiger partial charge is 0.343 e. The van der Waals surface area contributed by atoms with Gasteiger partial charge in [0, 0.05) is 23.9 Å². The van der Waals surface area contributed by atoms with Crippen LogP contribution in [0.2, 0.25) is 0 Å². The summed E-state index contributed by atoms with van der Waals surface area (Å²) < 4.78 is 1.65. The third kappa shape index (κ3) is 2.94. The number of nitrogens with zero attached hydrogens (tertiary/aromatic N) is 2. The van der Waals surface area contributed by atoms with E-state index in [4.69, 9.17) is 0 Å². The third-order valence-corrected chi connectivity index (χ3v) is 4.74. The highest BCUT2D eigenvalue weighted by molar-refractivity contribution is 7.98. The van der Waals surface area contributed by atoms with Crippen molar-refractivity contribution < 1.29 is 4.79 Å². The van der Waals surface area contributed by atoms with Crippen LogP contribution in [0.15, 0.2) is 34.0 Å². The molecule has 6 nitrogen and oxygen atoms in total. The maximum atomic E-state index is 12.5. The number of hydrogen-bond donors (Lipinski definition) is 2. The zero-order valence-corrected chi connectivity index (χ0v) is 13.2. The van der Waals surface area contributed by atoms with Gasteiger partial charge in [-0.2, -0.15) is 5.10 Å². The summed E-state index contributed by atoms with van der Waals surface area (Å²) in [4.78, 5) is 25.0. The fourth-order valence-electron chi connectivity index (χ4n) is 2.74. The normalized spacial score (nSPS) is 17.6. The Morgan fingerprint density at radius 3 is 3.05 bits per heavy atom. The Labute approximate surface area is 132 Å². The lowest BCUT2D eigenvalue weighted by atomic mass is 10.1. The Bertz CT molecular complexity index is 737. The lowest BCUT2D eigenvalue weighted by molar-refractivity contribution is 0.0930. The maximum absolute atomic E-state index is 12.5. The van der Waals surface area contributed by atoms with E-state index in [1.54, 1.807) is 16.3 Å². The summed E-state index contributed by atoms with van der Waals surface area (Å²) in [6, 6.07) is 7.65. The molecule has 0 aliphatic carbocycles. The van der Waals surface area contributed by atoms with Crippen LogP contribution in [0.5, 0.6) is 0 Å². The Kier molecular flexibility index (Phi) is 4.33. The number of carbonyl (C=O) groups excluding carboxylic acids is 1. The molecular weight excluding hydrogens is 300 g/mol. The minimum absolute atomic E-state index is 0.0524. The van der Waals surface area contributed by atoms with Gasteiger partial charge in [0.2, 0.25) is 0 Å². The molecule has 3 rings (SSSR count). The van der Waals surface area contributed by atoms with Crippen molar-refractivity contribution >= 4 is 17.7 Å². The van der Waals surface area contributed by atoms with Crippen molar-refractivity contribution in [3.05, 3.63) is 46.1 Å². The van der Waals surface area contributed by atoms with Crippen LogP contribution in [0.1, 0.15) is 29.0 Å². The van der Waals surface area contributed by atoms with Crippen LogP contribution in [0.4, 0.5) is 0 Å². The van der Waals surface area contributed by atoms with E-state index in [-0.39, 0.29) is 17.6 Å². The molecule has 1 unspecified atom stereocenters. The van der Waals surface area contributed by atoms with Crippen molar-refractivity contribution in [2.24, 2.45) is 0 Å². The van der Waals surface area contributed by atoms with Gasteiger partial charge in [-0.25, -0.2) is 9.89 Å². The number of benzene rings is 1. The van der Waals surface area contributed by atoms with Crippen molar-refractivity contribution in [1.82, 2.24) is 20.1 Å². The summed E-state index contributed by atoms with van der Waals surface area (Å²) in [6.07, 6.45) is 4.17. The van der Waals surface area contributed by atoms with Crippen molar-refractivity contribution in [2.75, 3.05) is 6.26 Å². The number of carbonyl (C=O) groups is 1. The van der Waals surface area contributed by atoms with Crippen LogP contribution in [0.3, 0.4) is 0 Å². The molecule has 22 heavy (non-hydrogen) atoms. The zero-order chi connectivity index (χ0) is 15.5. The van der Waals surface area contributed by atoms with Crippen LogP contribution in [0, 0.1) is 0 Å². The number of H-pyrrole nitrogens is 1. The molecule has 2 N–H and O–H groups in total. The quantitative estimate of drug-likeness (QED) is 0.839. The summed E-state index contributed by atoms with van der Waals surface area (Å²) in [5.74, 6) is 0.717. The molecule has 0 radical (unpaired) electrons. The Morgan fingerprint density at radius 2 is 2.23 bits per heavy atom. The summed E-state index contributed by atoms with van der Waals surface area (Å²) in [5, 5.41) is 9.58. The van der Waals surface area contributed by atoms with Crippen LogP contribution in [-0.4, -0.2) is 33.0 Å². The first kappa shape index (κ1) is 14.9. The van der Waals surface area contributed by atoms with E-state index in [2.05, 4.69) is 15.5 Å². The number of aromatic amines is 1. The predicted octanol–water partition coefficient (Wildman–Crippen LogP) is 1.43. The first-order chi connectivity index (χ1) is 10.7. The second kappa shape index (κ2) is 6.39. The van der Waals surface area contributed by atoms with Gasteiger partial charge in [0.15, 0.2) is 0 Å². The lowest BCUT2D eigenvalue weighted by Gasteiger charge is -2.17. The molecule has 0 saturated carbocycles. The standard InChI is InChI=1S/C15H18N4O2S/c1-22-12-5-3-2-4-11(12)14(20)16-10-6-7-13-17-18-15(21)19(13)9-8-10/h2-5,10H,6-9H2,1H3,(H,16,20)(H,18,21). The molecule has 0 fully saturated rings. The highest BCUT2D eigenvalue weighted by Gasteiger charge is 2.21. The first-order valence-electron chi connectivity index (χ1n) is 7.27. The molecule has 0 saturated heterocycles. The Hall–Kier alpha value is -2.02. The van der Waals surface area contributed by atoms with Crippen LogP contribution >= 0.6 is 11.8 Å². The number of rotatable bonds is 3. The molecule has 116 valence electrons. The van der Waals surface area contributed by atoms with Gasteiger partial charge in [0.25, 0.3) is 5.91 Å². The monoisotopic (exact) mass is 318 g/mol. The number of amides is 1. The topological polar surface area (TPSA) is 79.8 Å². The van der Waals surface area contributed by atoms with Gasteiger partial charge < -0.3 is 5.32 Å². The highest BCUT2D eigenvalue weighted by Crippen LogP contribution is 2.20. The third-order valence-electron chi connectivity index (χ3n) is 3.94. The second-order valence-electron chi connectivity index (χ2n) is 5.29. The summed E-state index contributed by atoms with van der Waals surface area (Å²) in [7, 11) is 0. The SMILES string of the molecule is CSc1ccccc1C(=O)NC1CCc2n[nH]c(=O)n2CC1. The highest BCUT2D eigenvalue weighted by atomic mass is 32.2.